The second kappa shape index (κ2) is 6.66. The highest BCUT2D eigenvalue weighted by Gasteiger charge is 2.23. The zero-order valence-electron chi connectivity index (χ0n) is 11.8. The molecule has 5 nitrogen and oxygen atoms in total. The highest BCUT2D eigenvalue weighted by molar-refractivity contribution is 8.13. The molecule has 1 aliphatic heterocycles. The van der Waals surface area contributed by atoms with Gasteiger partial charge in [0.05, 0.1) is 17.1 Å². The minimum Gasteiger partial charge on any atom is -0.493 e. The summed E-state index contributed by atoms with van der Waals surface area (Å²) in [4.78, 5) is 14.2. The Hall–Kier alpha value is -1.27. The monoisotopic (exact) mass is 331 g/mol. The Morgan fingerprint density at radius 2 is 1.95 bits per heavy atom. The third-order valence-electron chi connectivity index (χ3n) is 3.41. The number of halogens is 1. The third kappa shape index (κ3) is 3.89. The van der Waals surface area contributed by atoms with Crippen molar-refractivity contribution in [2.45, 2.75) is 31.1 Å². The summed E-state index contributed by atoms with van der Waals surface area (Å²) in [5, 5.41) is 0. The average Bonchev–Trinajstić information content (AvgIpc) is 2.47. The molecule has 0 aliphatic carbocycles. The molecule has 0 atom stereocenters. The lowest BCUT2D eigenvalue weighted by molar-refractivity contribution is 0.0720. The number of hydrogen-bond donors (Lipinski definition) is 0. The first-order valence-electron chi connectivity index (χ1n) is 6.94. The van der Waals surface area contributed by atoms with Crippen molar-refractivity contribution in [1.82, 2.24) is 4.90 Å². The maximum atomic E-state index is 12.6. The van der Waals surface area contributed by atoms with Crippen LogP contribution in [0.2, 0.25) is 0 Å². The molecule has 21 heavy (non-hydrogen) atoms. The van der Waals surface area contributed by atoms with E-state index in [0.717, 1.165) is 19.3 Å². The third-order valence-corrected chi connectivity index (χ3v) is 4.76. The van der Waals surface area contributed by atoms with Crippen molar-refractivity contribution in [3.63, 3.8) is 0 Å². The predicted octanol–water partition coefficient (Wildman–Crippen LogP) is 2.64. The SMILES string of the molecule is CCOc1ccc(S(=O)(=O)Cl)cc1C(=O)N1CCCCC1. The summed E-state index contributed by atoms with van der Waals surface area (Å²) in [6, 6.07) is 4.13. The highest BCUT2D eigenvalue weighted by atomic mass is 35.7. The summed E-state index contributed by atoms with van der Waals surface area (Å²) in [5.41, 5.74) is 0.250. The van der Waals surface area contributed by atoms with E-state index in [1.54, 1.807) is 11.8 Å². The van der Waals surface area contributed by atoms with Gasteiger partial charge in [-0.05, 0) is 44.4 Å². The Morgan fingerprint density at radius 3 is 2.52 bits per heavy atom. The van der Waals surface area contributed by atoms with E-state index in [9.17, 15) is 13.2 Å². The molecule has 2 rings (SSSR count). The molecule has 0 N–H and O–H groups in total. The van der Waals surface area contributed by atoms with Gasteiger partial charge in [-0.25, -0.2) is 8.42 Å². The van der Waals surface area contributed by atoms with Gasteiger partial charge in [0.25, 0.3) is 15.0 Å². The molecule has 0 spiro atoms. The second-order valence-electron chi connectivity index (χ2n) is 4.88. The summed E-state index contributed by atoms with van der Waals surface area (Å²) in [6.45, 7) is 3.57. The molecule has 0 unspecified atom stereocenters. The number of benzene rings is 1. The smallest absolute Gasteiger partial charge is 0.261 e. The van der Waals surface area contributed by atoms with Crippen molar-refractivity contribution < 1.29 is 17.9 Å². The van der Waals surface area contributed by atoms with Crippen LogP contribution in [0.5, 0.6) is 5.75 Å². The van der Waals surface area contributed by atoms with Crippen LogP contribution in [-0.4, -0.2) is 38.9 Å². The van der Waals surface area contributed by atoms with E-state index in [0.29, 0.717) is 25.4 Å². The van der Waals surface area contributed by atoms with Gasteiger partial charge in [0.2, 0.25) is 0 Å². The van der Waals surface area contributed by atoms with Gasteiger partial charge in [-0.1, -0.05) is 0 Å². The van der Waals surface area contributed by atoms with E-state index in [-0.39, 0.29) is 16.4 Å². The molecule has 7 heteroatoms. The fraction of sp³-hybridized carbons (Fsp3) is 0.500. The van der Waals surface area contributed by atoms with Gasteiger partial charge in [-0.2, -0.15) is 0 Å². The molecule has 1 saturated heterocycles. The Kier molecular flexibility index (Phi) is 5.11. The minimum atomic E-state index is -3.88. The molecular weight excluding hydrogens is 314 g/mol. The normalized spacial score (nSPS) is 15.8. The van der Waals surface area contributed by atoms with Gasteiger partial charge in [0.1, 0.15) is 5.75 Å². The summed E-state index contributed by atoms with van der Waals surface area (Å²) in [6.07, 6.45) is 3.03. The Labute approximate surface area is 129 Å². The van der Waals surface area contributed by atoms with E-state index in [2.05, 4.69) is 0 Å². The van der Waals surface area contributed by atoms with Crippen molar-refractivity contribution in [1.29, 1.82) is 0 Å². The Bertz CT molecular complexity index is 624. The summed E-state index contributed by atoms with van der Waals surface area (Å²) >= 11 is 0. The van der Waals surface area contributed by atoms with Crippen LogP contribution in [0.1, 0.15) is 36.5 Å². The standard InChI is InChI=1S/C14H18ClNO4S/c1-2-20-13-7-6-11(21(15,18)19)10-12(13)14(17)16-8-4-3-5-9-16/h6-7,10H,2-5,8-9H2,1H3. The van der Waals surface area contributed by atoms with Crippen LogP contribution < -0.4 is 4.74 Å². The van der Waals surface area contributed by atoms with Crippen LogP contribution in [0.4, 0.5) is 0 Å². The number of nitrogens with zero attached hydrogens (tertiary/aromatic N) is 1. The fourth-order valence-corrected chi connectivity index (χ4v) is 3.15. The van der Waals surface area contributed by atoms with E-state index in [1.807, 2.05) is 0 Å². The number of piperidine rings is 1. The topological polar surface area (TPSA) is 63.7 Å². The summed E-state index contributed by atoms with van der Waals surface area (Å²) in [5.74, 6) is 0.178. The largest absolute Gasteiger partial charge is 0.493 e. The lowest BCUT2D eigenvalue weighted by atomic mass is 10.1. The minimum absolute atomic E-state index is 0.0898. The van der Waals surface area contributed by atoms with E-state index in [4.69, 9.17) is 15.4 Å². The number of carbonyl (C=O) groups excluding carboxylic acids is 1. The van der Waals surface area contributed by atoms with Crippen molar-refractivity contribution in [2.75, 3.05) is 19.7 Å². The van der Waals surface area contributed by atoms with Gasteiger partial charge in [-0.3, -0.25) is 4.79 Å². The van der Waals surface area contributed by atoms with Crippen LogP contribution in [-0.2, 0) is 9.05 Å². The number of ether oxygens (including phenoxy) is 1. The quantitative estimate of drug-likeness (QED) is 0.796. The second-order valence-corrected chi connectivity index (χ2v) is 7.45. The summed E-state index contributed by atoms with van der Waals surface area (Å²) in [7, 11) is 1.48. The highest BCUT2D eigenvalue weighted by Crippen LogP contribution is 2.27. The first kappa shape index (κ1) is 16.1. The molecule has 0 radical (unpaired) electrons. The fourth-order valence-electron chi connectivity index (χ4n) is 2.38. The van der Waals surface area contributed by atoms with E-state index >= 15 is 0 Å². The van der Waals surface area contributed by atoms with Crippen LogP contribution in [0.15, 0.2) is 23.1 Å². The van der Waals surface area contributed by atoms with E-state index in [1.165, 1.54) is 18.2 Å². The summed E-state index contributed by atoms with van der Waals surface area (Å²) < 4.78 is 28.3. The van der Waals surface area contributed by atoms with Crippen LogP contribution >= 0.6 is 10.7 Å². The Balaban J connectivity index is 2.40. The Morgan fingerprint density at radius 1 is 1.29 bits per heavy atom. The van der Waals surface area contributed by atoms with Gasteiger partial charge >= 0.3 is 0 Å². The maximum Gasteiger partial charge on any atom is 0.261 e. The van der Waals surface area contributed by atoms with Crippen molar-refractivity contribution in [3.8, 4) is 5.75 Å². The lowest BCUT2D eigenvalue weighted by Gasteiger charge is -2.27. The molecule has 0 saturated carbocycles. The van der Waals surface area contributed by atoms with Gasteiger partial charge in [0, 0.05) is 23.8 Å². The van der Waals surface area contributed by atoms with Crippen molar-refractivity contribution in [2.24, 2.45) is 0 Å². The maximum absolute atomic E-state index is 12.6. The molecule has 116 valence electrons. The molecular formula is C14H18ClNO4S. The number of likely N-dealkylation sites (tertiary alicyclic amines) is 1. The first-order valence-corrected chi connectivity index (χ1v) is 9.25. The first-order chi connectivity index (χ1) is 9.93. The van der Waals surface area contributed by atoms with Crippen LogP contribution in [0.3, 0.4) is 0 Å². The molecule has 0 bridgehead atoms. The van der Waals surface area contributed by atoms with Crippen molar-refractivity contribution in [3.05, 3.63) is 23.8 Å². The number of rotatable bonds is 4. The van der Waals surface area contributed by atoms with Crippen molar-refractivity contribution >= 4 is 25.6 Å². The molecule has 1 amide bonds. The zero-order chi connectivity index (χ0) is 15.5. The molecule has 1 heterocycles. The number of carbonyl (C=O) groups is 1. The molecule has 1 fully saturated rings. The van der Waals surface area contributed by atoms with Gasteiger partial charge in [0.15, 0.2) is 0 Å². The molecule has 0 aromatic heterocycles. The molecule has 1 aromatic carbocycles. The van der Waals surface area contributed by atoms with Crippen LogP contribution in [0.25, 0.3) is 0 Å². The number of amides is 1. The molecule has 1 aromatic rings. The zero-order valence-corrected chi connectivity index (χ0v) is 13.4. The van der Waals surface area contributed by atoms with Gasteiger partial charge < -0.3 is 9.64 Å². The molecule has 1 aliphatic rings. The van der Waals surface area contributed by atoms with Gasteiger partial charge in [-0.15, -0.1) is 0 Å². The van der Waals surface area contributed by atoms with E-state index < -0.39 is 9.05 Å². The van der Waals surface area contributed by atoms with Crippen LogP contribution in [0, 0.1) is 0 Å². The lowest BCUT2D eigenvalue weighted by Crippen LogP contribution is -2.35. The average molecular weight is 332 g/mol. The number of hydrogen-bond acceptors (Lipinski definition) is 4. The predicted molar refractivity (Wildman–Crippen MR) is 80.4 cm³/mol.